The summed E-state index contributed by atoms with van der Waals surface area (Å²) >= 11 is 0. The summed E-state index contributed by atoms with van der Waals surface area (Å²) in [6.45, 7) is 5.50. The summed E-state index contributed by atoms with van der Waals surface area (Å²) in [4.78, 5) is 2.33. The summed E-state index contributed by atoms with van der Waals surface area (Å²) in [5, 5.41) is 10.6. The molecule has 1 N–H and O–H groups in total. The van der Waals surface area contributed by atoms with E-state index in [1.165, 1.54) is 0 Å². The van der Waals surface area contributed by atoms with E-state index in [9.17, 15) is 5.11 Å². The standard InChI is InChI=1S/C21H23NO5/c1-13-20(14-4-2-3-5-16(14)23)15-10-18-19(26-12-25-18)11-17(15)27-21(13)22-6-8-24-9-7-22/h2-5,10-11,13,20-21,23H,6-9,12H2,1H3/t13-,20+,21-/m0/s1. The SMILES string of the molecule is C[C@H]1[C@H](c2ccccc2O)c2cc3c(cc2O[C@@H]1N1CCOCC1)OCO3. The van der Waals surface area contributed by atoms with Crippen LogP contribution < -0.4 is 14.2 Å². The first-order valence-corrected chi connectivity index (χ1v) is 9.42. The summed E-state index contributed by atoms with van der Waals surface area (Å²) in [5.41, 5.74) is 1.93. The first-order valence-electron chi connectivity index (χ1n) is 9.42. The van der Waals surface area contributed by atoms with Crippen LogP contribution in [-0.4, -0.2) is 49.3 Å². The molecule has 142 valence electrons. The molecule has 27 heavy (non-hydrogen) atoms. The number of phenols is 1. The zero-order chi connectivity index (χ0) is 18.4. The molecule has 0 aliphatic carbocycles. The zero-order valence-corrected chi connectivity index (χ0v) is 15.3. The van der Waals surface area contributed by atoms with Gasteiger partial charge in [0.25, 0.3) is 0 Å². The van der Waals surface area contributed by atoms with Crippen LogP contribution in [0.5, 0.6) is 23.0 Å². The second-order valence-corrected chi connectivity index (χ2v) is 7.30. The van der Waals surface area contributed by atoms with Gasteiger partial charge in [-0.15, -0.1) is 0 Å². The fourth-order valence-electron chi connectivity index (χ4n) is 4.41. The van der Waals surface area contributed by atoms with Crippen molar-refractivity contribution in [2.45, 2.75) is 19.1 Å². The maximum atomic E-state index is 10.6. The summed E-state index contributed by atoms with van der Waals surface area (Å²) < 4.78 is 23.1. The average Bonchev–Trinajstić information content (AvgIpc) is 3.15. The zero-order valence-electron chi connectivity index (χ0n) is 15.3. The fraction of sp³-hybridized carbons (Fsp3) is 0.429. The number of fused-ring (bicyclic) bond motifs is 2. The Labute approximate surface area is 158 Å². The lowest BCUT2D eigenvalue weighted by Gasteiger charge is -2.44. The second-order valence-electron chi connectivity index (χ2n) is 7.30. The van der Waals surface area contributed by atoms with Crippen molar-refractivity contribution in [3.8, 4) is 23.0 Å². The molecule has 1 saturated heterocycles. The minimum atomic E-state index is -0.0913. The third-order valence-corrected chi connectivity index (χ3v) is 5.74. The molecule has 1 fully saturated rings. The van der Waals surface area contributed by atoms with E-state index in [0.717, 1.165) is 35.7 Å². The van der Waals surface area contributed by atoms with E-state index in [2.05, 4.69) is 11.8 Å². The average molecular weight is 369 g/mol. The minimum absolute atomic E-state index is 0.00250. The molecule has 3 aliphatic rings. The molecule has 6 heteroatoms. The molecule has 3 atom stereocenters. The third-order valence-electron chi connectivity index (χ3n) is 5.74. The van der Waals surface area contributed by atoms with Crippen molar-refractivity contribution < 1.29 is 24.1 Å². The van der Waals surface area contributed by atoms with Crippen LogP contribution in [0.3, 0.4) is 0 Å². The number of nitrogens with zero attached hydrogens (tertiary/aromatic N) is 1. The van der Waals surface area contributed by atoms with Crippen LogP contribution in [-0.2, 0) is 4.74 Å². The molecular weight excluding hydrogens is 346 g/mol. The van der Waals surface area contributed by atoms with Gasteiger partial charge in [-0.05, 0) is 12.1 Å². The van der Waals surface area contributed by atoms with Crippen LogP contribution in [0.1, 0.15) is 24.0 Å². The van der Waals surface area contributed by atoms with Crippen LogP contribution in [0.25, 0.3) is 0 Å². The molecule has 0 saturated carbocycles. The topological polar surface area (TPSA) is 60.4 Å². The van der Waals surface area contributed by atoms with Gasteiger partial charge in [0.05, 0.1) is 13.2 Å². The Hall–Kier alpha value is -2.44. The molecule has 2 aromatic carbocycles. The lowest BCUT2D eigenvalue weighted by atomic mass is 9.77. The summed E-state index contributed by atoms with van der Waals surface area (Å²) in [6.07, 6.45) is -0.0913. The van der Waals surface area contributed by atoms with Gasteiger partial charge in [-0.1, -0.05) is 25.1 Å². The fourth-order valence-corrected chi connectivity index (χ4v) is 4.41. The minimum Gasteiger partial charge on any atom is -0.508 e. The van der Waals surface area contributed by atoms with Crippen LogP contribution in [0.15, 0.2) is 36.4 Å². The van der Waals surface area contributed by atoms with Crippen molar-refractivity contribution in [2.75, 3.05) is 33.1 Å². The molecule has 0 spiro atoms. The van der Waals surface area contributed by atoms with Crippen LogP contribution >= 0.6 is 0 Å². The molecule has 2 aromatic rings. The molecule has 0 amide bonds. The quantitative estimate of drug-likeness (QED) is 0.878. The second kappa shape index (κ2) is 6.62. The number of benzene rings is 2. The van der Waals surface area contributed by atoms with Gasteiger partial charge in [-0.25, -0.2) is 0 Å². The molecule has 0 bridgehead atoms. The Balaban J connectivity index is 1.62. The van der Waals surface area contributed by atoms with E-state index in [1.54, 1.807) is 6.07 Å². The first kappa shape index (κ1) is 16.7. The Morgan fingerprint density at radius 2 is 1.70 bits per heavy atom. The van der Waals surface area contributed by atoms with Gasteiger partial charge in [0, 0.05) is 42.1 Å². The van der Waals surface area contributed by atoms with Crippen LogP contribution in [0, 0.1) is 5.92 Å². The number of hydrogen-bond acceptors (Lipinski definition) is 6. The number of hydrogen-bond donors (Lipinski definition) is 1. The van der Waals surface area contributed by atoms with Crippen molar-refractivity contribution in [1.29, 1.82) is 0 Å². The summed E-state index contributed by atoms with van der Waals surface area (Å²) in [6, 6.07) is 11.5. The Kier molecular flexibility index (Phi) is 4.10. The molecule has 3 aliphatic heterocycles. The van der Waals surface area contributed by atoms with Crippen LogP contribution in [0.4, 0.5) is 0 Å². The lowest BCUT2D eigenvalue weighted by molar-refractivity contribution is -0.0785. The molecule has 0 aromatic heterocycles. The number of aromatic hydroxyl groups is 1. The number of rotatable bonds is 2. The van der Waals surface area contributed by atoms with Gasteiger partial charge < -0.3 is 24.1 Å². The summed E-state index contributed by atoms with van der Waals surface area (Å²) in [5.74, 6) is 2.68. The van der Waals surface area contributed by atoms with E-state index in [0.29, 0.717) is 24.7 Å². The van der Waals surface area contributed by atoms with Crippen molar-refractivity contribution in [1.82, 2.24) is 4.90 Å². The monoisotopic (exact) mass is 369 g/mol. The predicted molar refractivity (Wildman–Crippen MR) is 98.5 cm³/mol. The molecule has 0 unspecified atom stereocenters. The Bertz CT molecular complexity index is 848. The maximum absolute atomic E-state index is 10.6. The maximum Gasteiger partial charge on any atom is 0.231 e. The molecule has 0 radical (unpaired) electrons. The normalized spacial score (nSPS) is 27.1. The van der Waals surface area contributed by atoms with E-state index in [-0.39, 0.29) is 24.9 Å². The van der Waals surface area contributed by atoms with Gasteiger partial charge in [-0.3, -0.25) is 4.90 Å². The molecule has 3 heterocycles. The number of phenolic OH excluding ortho intramolecular Hbond substituents is 1. The number of morpholine rings is 1. The molecular formula is C21H23NO5. The van der Waals surface area contributed by atoms with Crippen molar-refractivity contribution >= 4 is 0 Å². The van der Waals surface area contributed by atoms with Crippen molar-refractivity contribution in [3.63, 3.8) is 0 Å². The largest absolute Gasteiger partial charge is 0.508 e. The predicted octanol–water partition coefficient (Wildman–Crippen LogP) is 2.94. The lowest BCUT2D eigenvalue weighted by Crippen LogP contribution is -2.52. The Morgan fingerprint density at radius 3 is 2.48 bits per heavy atom. The molecule has 5 rings (SSSR count). The number of ether oxygens (including phenoxy) is 4. The van der Waals surface area contributed by atoms with Gasteiger partial charge in [0.2, 0.25) is 6.79 Å². The third kappa shape index (κ3) is 2.80. The highest BCUT2D eigenvalue weighted by atomic mass is 16.7. The van der Waals surface area contributed by atoms with Crippen LogP contribution in [0.2, 0.25) is 0 Å². The van der Waals surface area contributed by atoms with Gasteiger partial charge in [0.1, 0.15) is 11.5 Å². The summed E-state index contributed by atoms with van der Waals surface area (Å²) in [7, 11) is 0. The van der Waals surface area contributed by atoms with Crippen molar-refractivity contribution in [2.24, 2.45) is 5.92 Å². The number of para-hydroxylation sites is 1. The van der Waals surface area contributed by atoms with E-state index < -0.39 is 0 Å². The Morgan fingerprint density at radius 1 is 0.963 bits per heavy atom. The van der Waals surface area contributed by atoms with Gasteiger partial charge >= 0.3 is 0 Å². The highest BCUT2D eigenvalue weighted by Crippen LogP contribution is 2.51. The smallest absolute Gasteiger partial charge is 0.231 e. The van der Waals surface area contributed by atoms with E-state index in [1.807, 2.05) is 30.3 Å². The van der Waals surface area contributed by atoms with E-state index >= 15 is 0 Å². The van der Waals surface area contributed by atoms with E-state index in [4.69, 9.17) is 18.9 Å². The highest BCUT2D eigenvalue weighted by Gasteiger charge is 2.41. The molecule has 6 nitrogen and oxygen atoms in total. The van der Waals surface area contributed by atoms with Gasteiger partial charge in [0.15, 0.2) is 17.7 Å². The van der Waals surface area contributed by atoms with Crippen molar-refractivity contribution in [3.05, 3.63) is 47.5 Å². The van der Waals surface area contributed by atoms with Gasteiger partial charge in [-0.2, -0.15) is 0 Å². The highest BCUT2D eigenvalue weighted by molar-refractivity contribution is 5.57. The first-order chi connectivity index (χ1) is 13.2.